The molecule has 178 valence electrons. The van der Waals surface area contributed by atoms with Crippen LogP contribution in [0, 0.1) is 0 Å². The second-order valence-electron chi connectivity index (χ2n) is 7.98. The largest absolute Gasteiger partial charge is 0.497 e. The van der Waals surface area contributed by atoms with Crippen molar-refractivity contribution in [3.63, 3.8) is 0 Å². The van der Waals surface area contributed by atoms with Crippen molar-refractivity contribution < 1.29 is 23.7 Å². The molecular formula is C24H26N4O5S. The fourth-order valence-electron chi connectivity index (χ4n) is 3.95. The summed E-state index contributed by atoms with van der Waals surface area (Å²) in [6, 6.07) is 13.1. The Morgan fingerprint density at radius 1 is 1.12 bits per heavy atom. The standard InChI is InChI=1S/C24H26N4O5S/c1-30-18-7-4-16(5-8-18)23-26-27-24(28(23)14-19-3-2-10-31-19)34-15-22(29)25-17-6-9-20-21(13-17)33-12-11-32-20/h4-9,13,19H,2-3,10-12,14-15H2,1H3,(H,25,29). The van der Waals surface area contributed by atoms with E-state index in [2.05, 4.69) is 15.5 Å². The van der Waals surface area contributed by atoms with E-state index in [0.717, 1.165) is 36.6 Å². The highest BCUT2D eigenvalue weighted by molar-refractivity contribution is 7.99. The lowest BCUT2D eigenvalue weighted by Gasteiger charge is -2.19. The molecule has 34 heavy (non-hydrogen) atoms. The molecule has 1 fully saturated rings. The number of thioether (sulfide) groups is 1. The third-order valence-electron chi connectivity index (χ3n) is 5.63. The van der Waals surface area contributed by atoms with Gasteiger partial charge in [0.2, 0.25) is 5.91 Å². The summed E-state index contributed by atoms with van der Waals surface area (Å²) in [5.41, 5.74) is 1.59. The fourth-order valence-corrected chi connectivity index (χ4v) is 4.70. The van der Waals surface area contributed by atoms with E-state index in [4.69, 9.17) is 18.9 Å². The molecule has 0 spiro atoms. The van der Waals surface area contributed by atoms with Crippen LogP contribution in [0.1, 0.15) is 12.8 Å². The van der Waals surface area contributed by atoms with E-state index in [1.54, 1.807) is 25.3 Å². The van der Waals surface area contributed by atoms with E-state index in [1.165, 1.54) is 11.8 Å². The Kier molecular flexibility index (Phi) is 6.87. The van der Waals surface area contributed by atoms with Crippen molar-refractivity contribution in [2.75, 3.05) is 38.0 Å². The molecule has 3 heterocycles. The molecule has 2 aliphatic rings. The first-order valence-electron chi connectivity index (χ1n) is 11.2. The molecule has 0 radical (unpaired) electrons. The molecule has 1 N–H and O–H groups in total. The van der Waals surface area contributed by atoms with Gasteiger partial charge in [-0.3, -0.25) is 9.36 Å². The SMILES string of the molecule is COc1ccc(-c2nnc(SCC(=O)Nc3ccc4c(c3)OCCO4)n2CC2CCCO2)cc1. The highest BCUT2D eigenvalue weighted by Crippen LogP contribution is 2.33. The number of nitrogens with zero attached hydrogens (tertiary/aromatic N) is 3. The fraction of sp³-hybridized carbons (Fsp3) is 0.375. The normalized spacial score (nSPS) is 16.9. The first kappa shape index (κ1) is 22.5. The number of anilines is 1. The average Bonchev–Trinajstić information content (AvgIpc) is 3.53. The summed E-state index contributed by atoms with van der Waals surface area (Å²) >= 11 is 1.35. The molecule has 2 aliphatic heterocycles. The van der Waals surface area contributed by atoms with Gasteiger partial charge in [0, 0.05) is 23.9 Å². The van der Waals surface area contributed by atoms with Crippen LogP contribution in [0.15, 0.2) is 47.6 Å². The average molecular weight is 483 g/mol. The Labute approximate surface area is 201 Å². The van der Waals surface area contributed by atoms with E-state index in [0.29, 0.717) is 42.1 Å². The number of ether oxygens (including phenoxy) is 4. The second-order valence-corrected chi connectivity index (χ2v) is 8.92. The molecule has 0 bridgehead atoms. The highest BCUT2D eigenvalue weighted by Gasteiger charge is 2.22. The quantitative estimate of drug-likeness (QED) is 0.486. The number of hydrogen-bond donors (Lipinski definition) is 1. The van der Waals surface area contributed by atoms with Crippen LogP contribution in [0.3, 0.4) is 0 Å². The molecule has 9 nitrogen and oxygen atoms in total. The van der Waals surface area contributed by atoms with Gasteiger partial charge in [0.25, 0.3) is 0 Å². The minimum Gasteiger partial charge on any atom is -0.497 e. The Morgan fingerprint density at radius 3 is 2.71 bits per heavy atom. The van der Waals surface area contributed by atoms with E-state index >= 15 is 0 Å². The summed E-state index contributed by atoms with van der Waals surface area (Å²) in [4.78, 5) is 12.7. The number of rotatable bonds is 8. The molecule has 3 aromatic rings. The van der Waals surface area contributed by atoms with Crippen molar-refractivity contribution in [1.29, 1.82) is 0 Å². The summed E-state index contributed by atoms with van der Waals surface area (Å²) in [5.74, 6) is 2.90. The van der Waals surface area contributed by atoms with Crippen LogP contribution >= 0.6 is 11.8 Å². The third-order valence-corrected chi connectivity index (χ3v) is 6.60. The number of amides is 1. The Balaban J connectivity index is 1.29. The van der Waals surface area contributed by atoms with Gasteiger partial charge >= 0.3 is 0 Å². The Bertz CT molecular complexity index is 1140. The van der Waals surface area contributed by atoms with Gasteiger partial charge in [-0.15, -0.1) is 10.2 Å². The van der Waals surface area contributed by atoms with E-state index in [-0.39, 0.29) is 17.8 Å². The molecule has 1 unspecified atom stereocenters. The number of hydrogen-bond acceptors (Lipinski definition) is 8. The summed E-state index contributed by atoms with van der Waals surface area (Å²) < 4.78 is 24.3. The number of carbonyl (C=O) groups excluding carboxylic acids is 1. The van der Waals surface area contributed by atoms with Gasteiger partial charge in [0.1, 0.15) is 19.0 Å². The van der Waals surface area contributed by atoms with Crippen molar-refractivity contribution in [3.05, 3.63) is 42.5 Å². The molecular weight excluding hydrogens is 456 g/mol. The maximum Gasteiger partial charge on any atom is 0.234 e. The summed E-state index contributed by atoms with van der Waals surface area (Å²) in [5, 5.41) is 12.4. The van der Waals surface area contributed by atoms with Gasteiger partial charge in [0.05, 0.1) is 25.5 Å². The van der Waals surface area contributed by atoms with Crippen LogP contribution in [-0.4, -0.2) is 59.5 Å². The molecule has 10 heteroatoms. The van der Waals surface area contributed by atoms with Gasteiger partial charge in [-0.25, -0.2) is 0 Å². The molecule has 1 saturated heterocycles. The number of benzene rings is 2. The van der Waals surface area contributed by atoms with Crippen LogP contribution in [0.25, 0.3) is 11.4 Å². The van der Waals surface area contributed by atoms with Crippen molar-refractivity contribution in [2.45, 2.75) is 30.6 Å². The molecule has 1 aromatic heterocycles. The first-order chi connectivity index (χ1) is 16.7. The minimum atomic E-state index is -0.139. The number of nitrogens with one attached hydrogen (secondary N) is 1. The highest BCUT2D eigenvalue weighted by atomic mass is 32.2. The van der Waals surface area contributed by atoms with Crippen molar-refractivity contribution >= 4 is 23.4 Å². The summed E-state index contributed by atoms with van der Waals surface area (Å²) in [7, 11) is 1.64. The van der Waals surface area contributed by atoms with E-state index in [1.807, 2.05) is 28.8 Å². The van der Waals surface area contributed by atoms with Crippen LogP contribution < -0.4 is 19.5 Å². The monoisotopic (exact) mass is 482 g/mol. The van der Waals surface area contributed by atoms with Gasteiger partial charge in [-0.1, -0.05) is 11.8 Å². The Hall–Kier alpha value is -3.24. The molecule has 5 rings (SSSR count). The van der Waals surface area contributed by atoms with Crippen LogP contribution in [0.5, 0.6) is 17.2 Å². The molecule has 1 atom stereocenters. The zero-order valence-electron chi connectivity index (χ0n) is 18.9. The molecule has 0 aliphatic carbocycles. The smallest absolute Gasteiger partial charge is 0.234 e. The van der Waals surface area contributed by atoms with Crippen LogP contribution in [0.4, 0.5) is 5.69 Å². The predicted molar refractivity (Wildman–Crippen MR) is 128 cm³/mol. The van der Waals surface area contributed by atoms with Gasteiger partial charge in [-0.05, 0) is 49.2 Å². The van der Waals surface area contributed by atoms with Gasteiger partial charge in [-0.2, -0.15) is 0 Å². The lowest BCUT2D eigenvalue weighted by atomic mass is 10.2. The Morgan fingerprint density at radius 2 is 1.94 bits per heavy atom. The van der Waals surface area contributed by atoms with E-state index in [9.17, 15) is 4.79 Å². The maximum atomic E-state index is 12.7. The first-order valence-corrected chi connectivity index (χ1v) is 12.2. The zero-order chi connectivity index (χ0) is 23.3. The van der Waals surface area contributed by atoms with E-state index < -0.39 is 0 Å². The number of methoxy groups -OCH3 is 1. The number of carbonyl (C=O) groups is 1. The lowest BCUT2D eigenvalue weighted by molar-refractivity contribution is -0.113. The molecule has 1 amide bonds. The van der Waals surface area contributed by atoms with Crippen molar-refractivity contribution in [2.24, 2.45) is 0 Å². The predicted octanol–water partition coefficient (Wildman–Crippen LogP) is 3.63. The summed E-state index contributed by atoms with van der Waals surface area (Å²) in [6.07, 6.45) is 2.15. The van der Waals surface area contributed by atoms with Crippen LogP contribution in [0.2, 0.25) is 0 Å². The topological polar surface area (TPSA) is 96.7 Å². The van der Waals surface area contributed by atoms with Crippen molar-refractivity contribution in [3.8, 4) is 28.6 Å². The van der Waals surface area contributed by atoms with Crippen LogP contribution in [-0.2, 0) is 16.1 Å². The number of aromatic nitrogens is 3. The minimum absolute atomic E-state index is 0.110. The third kappa shape index (κ3) is 5.13. The van der Waals surface area contributed by atoms with Gasteiger partial charge in [0.15, 0.2) is 22.5 Å². The summed E-state index contributed by atoms with van der Waals surface area (Å²) in [6.45, 7) is 2.43. The molecule has 0 saturated carbocycles. The van der Waals surface area contributed by atoms with Crippen molar-refractivity contribution in [1.82, 2.24) is 14.8 Å². The lowest BCUT2D eigenvalue weighted by Crippen LogP contribution is -2.18. The second kappa shape index (κ2) is 10.4. The zero-order valence-corrected chi connectivity index (χ0v) is 19.7. The number of fused-ring (bicyclic) bond motifs is 1. The maximum absolute atomic E-state index is 12.7. The van der Waals surface area contributed by atoms with Gasteiger partial charge < -0.3 is 24.3 Å². The molecule has 2 aromatic carbocycles.